The fourth-order valence-electron chi connectivity index (χ4n) is 1.48. The second kappa shape index (κ2) is 8.44. The van der Waals surface area contributed by atoms with E-state index in [9.17, 15) is 19.3 Å². The van der Waals surface area contributed by atoms with Crippen molar-refractivity contribution in [2.75, 3.05) is 25.6 Å². The second-order valence-electron chi connectivity index (χ2n) is 3.83. The van der Waals surface area contributed by atoms with Gasteiger partial charge in [0, 0.05) is 25.1 Å². The number of nitrogens with one attached hydrogen (secondary N) is 1. The number of hydrogen-bond donors (Lipinski definition) is 1. The molecule has 0 radical (unpaired) electrons. The number of rotatable bonds is 8. The molecule has 1 N–H and O–H groups in total. The van der Waals surface area contributed by atoms with Crippen molar-refractivity contribution >= 4 is 23.2 Å². The Morgan fingerprint density at radius 2 is 2.20 bits per heavy atom. The normalized spacial score (nSPS) is 10.3. The Labute approximate surface area is 120 Å². The molecule has 0 saturated carbocycles. The number of benzene rings is 1. The van der Waals surface area contributed by atoms with Crippen LogP contribution in [-0.4, -0.2) is 36.5 Å². The zero-order valence-electron chi connectivity index (χ0n) is 10.6. The van der Waals surface area contributed by atoms with Crippen LogP contribution in [-0.2, 0) is 4.74 Å². The summed E-state index contributed by atoms with van der Waals surface area (Å²) in [4.78, 5) is 21.8. The highest BCUT2D eigenvalue weighted by molar-refractivity contribution is 6.17. The number of nitro groups is 1. The molecule has 8 heteroatoms. The summed E-state index contributed by atoms with van der Waals surface area (Å²) in [5.74, 6) is -0.998. The molecule has 1 aromatic rings. The highest BCUT2D eigenvalue weighted by atomic mass is 35.5. The van der Waals surface area contributed by atoms with Gasteiger partial charge in [0.25, 0.3) is 11.6 Å². The minimum atomic E-state index is -0.724. The van der Waals surface area contributed by atoms with E-state index in [0.717, 1.165) is 18.2 Å². The maximum Gasteiger partial charge on any atom is 0.282 e. The highest BCUT2D eigenvalue weighted by Gasteiger charge is 2.20. The summed E-state index contributed by atoms with van der Waals surface area (Å²) in [6.07, 6.45) is 0.533. The molecule has 20 heavy (non-hydrogen) atoms. The maximum absolute atomic E-state index is 13.1. The summed E-state index contributed by atoms with van der Waals surface area (Å²) >= 11 is 5.41. The third-order valence-corrected chi connectivity index (χ3v) is 2.53. The lowest BCUT2D eigenvalue weighted by atomic mass is 10.1. The topological polar surface area (TPSA) is 81.5 Å². The van der Waals surface area contributed by atoms with Crippen molar-refractivity contribution < 1.29 is 18.8 Å². The maximum atomic E-state index is 13.1. The van der Waals surface area contributed by atoms with E-state index >= 15 is 0 Å². The first-order chi connectivity index (χ1) is 9.56. The quantitative estimate of drug-likeness (QED) is 0.345. The summed E-state index contributed by atoms with van der Waals surface area (Å²) in [6, 6.07) is 2.75. The first-order valence-corrected chi connectivity index (χ1v) is 6.45. The first-order valence-electron chi connectivity index (χ1n) is 5.92. The molecular formula is C12H14ClFN2O4. The van der Waals surface area contributed by atoms with Crippen LogP contribution in [0.5, 0.6) is 0 Å². The third-order valence-electron chi connectivity index (χ3n) is 2.37. The number of alkyl halides is 1. The van der Waals surface area contributed by atoms with Gasteiger partial charge in [0.05, 0.1) is 11.5 Å². The van der Waals surface area contributed by atoms with E-state index in [1.54, 1.807) is 0 Å². The van der Waals surface area contributed by atoms with E-state index in [4.69, 9.17) is 16.3 Å². The van der Waals surface area contributed by atoms with Crippen molar-refractivity contribution in [2.24, 2.45) is 0 Å². The van der Waals surface area contributed by atoms with Crippen molar-refractivity contribution in [3.63, 3.8) is 0 Å². The summed E-state index contributed by atoms with van der Waals surface area (Å²) in [5, 5.41) is 13.2. The molecule has 0 bridgehead atoms. The van der Waals surface area contributed by atoms with E-state index < -0.39 is 22.3 Å². The molecule has 1 aromatic carbocycles. The SMILES string of the molecule is O=C(NCCCOCCCl)c1cc(F)ccc1[N+](=O)[O-]. The van der Waals surface area contributed by atoms with Crippen molar-refractivity contribution in [1.29, 1.82) is 0 Å². The number of hydrogen-bond acceptors (Lipinski definition) is 4. The van der Waals surface area contributed by atoms with Gasteiger partial charge in [-0.1, -0.05) is 0 Å². The fraction of sp³-hybridized carbons (Fsp3) is 0.417. The molecule has 0 spiro atoms. The number of amides is 1. The van der Waals surface area contributed by atoms with Gasteiger partial charge >= 0.3 is 0 Å². The van der Waals surface area contributed by atoms with Crippen LogP contribution < -0.4 is 5.32 Å². The molecule has 0 atom stereocenters. The van der Waals surface area contributed by atoms with Crippen LogP contribution in [0.4, 0.5) is 10.1 Å². The molecule has 6 nitrogen and oxygen atoms in total. The predicted octanol–water partition coefficient (Wildman–Crippen LogP) is 2.11. The van der Waals surface area contributed by atoms with Gasteiger partial charge in [0.15, 0.2) is 0 Å². The lowest BCUT2D eigenvalue weighted by Crippen LogP contribution is -2.26. The van der Waals surface area contributed by atoms with E-state index in [1.807, 2.05) is 0 Å². The van der Waals surface area contributed by atoms with Crippen LogP contribution in [0, 0.1) is 15.9 Å². The smallest absolute Gasteiger partial charge is 0.282 e. The number of halogens is 2. The zero-order valence-corrected chi connectivity index (χ0v) is 11.4. The Morgan fingerprint density at radius 1 is 1.45 bits per heavy atom. The van der Waals surface area contributed by atoms with Crippen LogP contribution in [0.15, 0.2) is 18.2 Å². The summed E-state index contributed by atoms with van der Waals surface area (Å²) in [7, 11) is 0. The van der Waals surface area contributed by atoms with Crippen LogP contribution in [0.3, 0.4) is 0 Å². The Morgan fingerprint density at radius 3 is 2.85 bits per heavy atom. The van der Waals surface area contributed by atoms with Crippen LogP contribution in [0.2, 0.25) is 0 Å². The molecule has 0 unspecified atom stereocenters. The molecule has 1 amide bonds. The average molecular weight is 305 g/mol. The summed E-state index contributed by atoms with van der Waals surface area (Å²) < 4.78 is 18.2. The lowest BCUT2D eigenvalue weighted by Gasteiger charge is -2.06. The molecule has 0 aliphatic heterocycles. The largest absolute Gasteiger partial charge is 0.380 e. The van der Waals surface area contributed by atoms with Gasteiger partial charge in [-0.05, 0) is 18.6 Å². The molecule has 1 rings (SSSR count). The predicted molar refractivity (Wildman–Crippen MR) is 71.5 cm³/mol. The molecule has 110 valence electrons. The van der Waals surface area contributed by atoms with Crippen molar-refractivity contribution in [3.8, 4) is 0 Å². The van der Waals surface area contributed by atoms with E-state index in [1.165, 1.54) is 0 Å². The average Bonchev–Trinajstić information content (AvgIpc) is 2.42. The van der Waals surface area contributed by atoms with Gasteiger partial charge < -0.3 is 10.1 Å². The highest BCUT2D eigenvalue weighted by Crippen LogP contribution is 2.19. The van der Waals surface area contributed by atoms with Crippen molar-refractivity contribution in [1.82, 2.24) is 5.32 Å². The van der Waals surface area contributed by atoms with Crippen molar-refractivity contribution in [2.45, 2.75) is 6.42 Å². The van der Waals surface area contributed by atoms with E-state index in [-0.39, 0.29) is 12.1 Å². The van der Waals surface area contributed by atoms with Crippen LogP contribution in [0.25, 0.3) is 0 Å². The molecule has 0 fully saturated rings. The van der Waals surface area contributed by atoms with E-state index in [0.29, 0.717) is 25.5 Å². The first kappa shape index (κ1) is 16.3. The molecule has 0 saturated heterocycles. The summed E-state index contributed by atoms with van der Waals surface area (Å²) in [6.45, 7) is 1.11. The molecule has 0 heterocycles. The van der Waals surface area contributed by atoms with Crippen LogP contribution >= 0.6 is 11.6 Å². The second-order valence-corrected chi connectivity index (χ2v) is 4.21. The zero-order chi connectivity index (χ0) is 15.0. The number of ether oxygens (including phenoxy) is 1. The van der Waals surface area contributed by atoms with Gasteiger partial charge in [-0.2, -0.15) is 0 Å². The molecule has 0 aliphatic rings. The number of carbonyl (C=O) groups is 1. The fourth-order valence-corrected chi connectivity index (χ4v) is 1.59. The van der Waals surface area contributed by atoms with Gasteiger partial charge in [0.1, 0.15) is 11.4 Å². The minimum absolute atomic E-state index is 0.273. The number of carbonyl (C=O) groups excluding carboxylic acids is 1. The number of nitrogens with zero attached hydrogens (tertiary/aromatic N) is 1. The third kappa shape index (κ3) is 5.10. The molecule has 0 aliphatic carbocycles. The van der Waals surface area contributed by atoms with Crippen molar-refractivity contribution in [3.05, 3.63) is 39.7 Å². The van der Waals surface area contributed by atoms with Gasteiger partial charge in [-0.3, -0.25) is 14.9 Å². The molecule has 0 aromatic heterocycles. The summed E-state index contributed by atoms with van der Waals surface area (Å²) in [5.41, 5.74) is -0.723. The molecular weight excluding hydrogens is 291 g/mol. The Kier molecular flexibility index (Phi) is 6.89. The Bertz CT molecular complexity index is 485. The van der Waals surface area contributed by atoms with Crippen LogP contribution in [0.1, 0.15) is 16.8 Å². The standard InChI is InChI=1S/C12H14ClFN2O4/c13-4-7-20-6-1-5-15-12(17)10-8-9(14)2-3-11(10)16(18)19/h2-3,8H,1,4-7H2,(H,15,17). The van der Waals surface area contributed by atoms with Gasteiger partial charge in [-0.15, -0.1) is 11.6 Å². The Balaban J connectivity index is 2.54. The monoisotopic (exact) mass is 304 g/mol. The Hall–Kier alpha value is -1.73. The van der Waals surface area contributed by atoms with Gasteiger partial charge in [0.2, 0.25) is 0 Å². The van der Waals surface area contributed by atoms with E-state index in [2.05, 4.69) is 5.32 Å². The lowest BCUT2D eigenvalue weighted by molar-refractivity contribution is -0.385. The van der Waals surface area contributed by atoms with Gasteiger partial charge in [-0.25, -0.2) is 4.39 Å². The number of nitro benzene ring substituents is 1. The minimum Gasteiger partial charge on any atom is -0.380 e.